The first-order valence-corrected chi connectivity index (χ1v) is 6.79. The number of anilines is 4. The first-order valence-electron chi connectivity index (χ1n) is 6.79. The van der Waals surface area contributed by atoms with E-state index in [1.807, 2.05) is 32.3 Å². The van der Waals surface area contributed by atoms with Crippen LogP contribution in [0.4, 0.5) is 23.1 Å². The quantitative estimate of drug-likeness (QED) is 0.762. The molecule has 0 spiro atoms. The molecule has 1 aromatic carbocycles. The van der Waals surface area contributed by atoms with E-state index in [1.54, 1.807) is 13.3 Å². The van der Waals surface area contributed by atoms with Gasteiger partial charge in [0, 0.05) is 45.3 Å². The van der Waals surface area contributed by atoms with Gasteiger partial charge in [0.15, 0.2) is 0 Å². The highest BCUT2D eigenvalue weighted by molar-refractivity contribution is 5.60. The molecule has 0 atom stereocenters. The number of ether oxygens (including phenoxy) is 1. The largest absolute Gasteiger partial charge is 0.383 e. The topological polar surface area (TPSA) is 62.3 Å². The van der Waals surface area contributed by atoms with Gasteiger partial charge >= 0.3 is 0 Å². The van der Waals surface area contributed by atoms with Crippen molar-refractivity contribution in [3.8, 4) is 0 Å². The predicted molar refractivity (Wildman–Crippen MR) is 86.4 cm³/mol. The Morgan fingerprint density at radius 1 is 1.14 bits per heavy atom. The highest BCUT2D eigenvalue weighted by Gasteiger charge is 2.00. The molecule has 2 rings (SSSR count). The first-order chi connectivity index (χ1) is 10.2. The Balaban J connectivity index is 2.00. The first kappa shape index (κ1) is 15.1. The van der Waals surface area contributed by atoms with Crippen molar-refractivity contribution in [1.82, 2.24) is 9.97 Å². The SMILES string of the molecule is COCCNc1nccc(Nc2ccc(N(C)C)cc2)n1. The summed E-state index contributed by atoms with van der Waals surface area (Å²) in [6.45, 7) is 1.30. The van der Waals surface area contributed by atoms with Crippen LogP contribution in [0.2, 0.25) is 0 Å². The lowest BCUT2D eigenvalue weighted by molar-refractivity contribution is 0.210. The summed E-state index contributed by atoms with van der Waals surface area (Å²) < 4.78 is 4.98. The number of hydrogen-bond acceptors (Lipinski definition) is 6. The average molecular weight is 287 g/mol. The molecular formula is C15H21N5O. The van der Waals surface area contributed by atoms with Crippen LogP contribution < -0.4 is 15.5 Å². The van der Waals surface area contributed by atoms with Gasteiger partial charge in [-0.25, -0.2) is 4.98 Å². The van der Waals surface area contributed by atoms with Crippen LogP contribution in [-0.4, -0.2) is 44.3 Å². The third kappa shape index (κ3) is 4.61. The van der Waals surface area contributed by atoms with Gasteiger partial charge in [0.05, 0.1) is 6.61 Å². The van der Waals surface area contributed by atoms with Gasteiger partial charge in [0.1, 0.15) is 5.82 Å². The van der Waals surface area contributed by atoms with Gasteiger partial charge in [0.2, 0.25) is 5.95 Å². The zero-order valence-electron chi connectivity index (χ0n) is 12.6. The number of nitrogens with zero attached hydrogens (tertiary/aromatic N) is 3. The highest BCUT2D eigenvalue weighted by Crippen LogP contribution is 2.19. The Kier molecular flexibility index (Phi) is 5.34. The van der Waals surface area contributed by atoms with Crippen molar-refractivity contribution >= 4 is 23.1 Å². The molecule has 2 N–H and O–H groups in total. The predicted octanol–water partition coefficient (Wildman–Crippen LogP) is 2.34. The van der Waals surface area contributed by atoms with Gasteiger partial charge in [-0.2, -0.15) is 4.98 Å². The van der Waals surface area contributed by atoms with Gasteiger partial charge in [0.25, 0.3) is 0 Å². The van der Waals surface area contributed by atoms with Crippen LogP contribution in [-0.2, 0) is 4.74 Å². The van der Waals surface area contributed by atoms with Crippen molar-refractivity contribution in [2.75, 3.05) is 49.9 Å². The minimum atomic E-state index is 0.585. The molecule has 21 heavy (non-hydrogen) atoms. The average Bonchev–Trinajstić information content (AvgIpc) is 2.48. The molecule has 0 aliphatic heterocycles. The van der Waals surface area contributed by atoms with E-state index in [9.17, 15) is 0 Å². The van der Waals surface area contributed by atoms with Crippen molar-refractivity contribution in [1.29, 1.82) is 0 Å². The molecule has 112 valence electrons. The van der Waals surface area contributed by atoms with E-state index in [4.69, 9.17) is 4.74 Å². The van der Waals surface area contributed by atoms with E-state index in [2.05, 4.69) is 37.6 Å². The van der Waals surface area contributed by atoms with E-state index >= 15 is 0 Å². The van der Waals surface area contributed by atoms with E-state index in [-0.39, 0.29) is 0 Å². The van der Waals surface area contributed by atoms with Crippen LogP contribution in [0.1, 0.15) is 0 Å². The van der Waals surface area contributed by atoms with Crippen LogP contribution in [0.3, 0.4) is 0 Å². The lowest BCUT2D eigenvalue weighted by Crippen LogP contribution is -2.10. The molecule has 0 aliphatic carbocycles. The molecule has 0 aliphatic rings. The third-order valence-corrected chi connectivity index (χ3v) is 2.90. The normalized spacial score (nSPS) is 10.2. The van der Waals surface area contributed by atoms with Crippen molar-refractivity contribution in [3.05, 3.63) is 36.5 Å². The van der Waals surface area contributed by atoms with Crippen molar-refractivity contribution in [2.24, 2.45) is 0 Å². The molecule has 0 amide bonds. The Morgan fingerprint density at radius 2 is 1.90 bits per heavy atom. The molecule has 2 aromatic rings. The zero-order chi connectivity index (χ0) is 15.1. The number of methoxy groups -OCH3 is 1. The molecule has 0 saturated heterocycles. The summed E-state index contributed by atoms with van der Waals surface area (Å²) in [7, 11) is 5.70. The molecule has 1 aromatic heterocycles. The summed E-state index contributed by atoms with van der Waals surface area (Å²) in [6, 6.07) is 9.99. The molecule has 6 nitrogen and oxygen atoms in total. The van der Waals surface area contributed by atoms with Crippen molar-refractivity contribution in [2.45, 2.75) is 0 Å². The minimum Gasteiger partial charge on any atom is -0.383 e. The lowest BCUT2D eigenvalue weighted by Gasteiger charge is -2.13. The van der Waals surface area contributed by atoms with Gasteiger partial charge < -0.3 is 20.3 Å². The Morgan fingerprint density at radius 3 is 2.57 bits per heavy atom. The monoisotopic (exact) mass is 287 g/mol. The molecule has 0 saturated carbocycles. The van der Waals surface area contributed by atoms with Crippen molar-refractivity contribution in [3.63, 3.8) is 0 Å². The van der Waals surface area contributed by atoms with Gasteiger partial charge in [-0.1, -0.05) is 0 Å². The van der Waals surface area contributed by atoms with Crippen LogP contribution in [0, 0.1) is 0 Å². The second-order valence-electron chi connectivity index (χ2n) is 4.75. The smallest absolute Gasteiger partial charge is 0.224 e. The standard InChI is InChI=1S/C15H21N5O/c1-20(2)13-6-4-12(5-7-13)18-14-8-9-16-15(19-14)17-10-11-21-3/h4-9H,10-11H2,1-3H3,(H2,16,17,18,19). The molecule has 0 unspecified atom stereocenters. The summed E-state index contributed by atoms with van der Waals surface area (Å²) >= 11 is 0. The maximum atomic E-state index is 4.98. The maximum absolute atomic E-state index is 4.98. The molecule has 0 radical (unpaired) electrons. The van der Waals surface area contributed by atoms with Crippen molar-refractivity contribution < 1.29 is 4.74 Å². The summed E-state index contributed by atoms with van der Waals surface area (Å²) in [5.41, 5.74) is 2.15. The Bertz CT molecular complexity index is 556. The van der Waals surface area contributed by atoms with E-state index < -0.39 is 0 Å². The molecule has 0 fully saturated rings. The van der Waals surface area contributed by atoms with Crippen LogP contribution in [0.15, 0.2) is 36.5 Å². The van der Waals surface area contributed by atoms with Gasteiger partial charge in [-0.15, -0.1) is 0 Å². The Hall–Kier alpha value is -2.34. The van der Waals surface area contributed by atoms with Crippen LogP contribution in [0.5, 0.6) is 0 Å². The number of aromatic nitrogens is 2. The number of nitrogens with one attached hydrogen (secondary N) is 2. The summed E-state index contributed by atoms with van der Waals surface area (Å²) in [5, 5.41) is 6.36. The molecule has 1 heterocycles. The zero-order valence-corrected chi connectivity index (χ0v) is 12.6. The maximum Gasteiger partial charge on any atom is 0.224 e. The van der Waals surface area contributed by atoms with Crippen LogP contribution in [0.25, 0.3) is 0 Å². The summed E-state index contributed by atoms with van der Waals surface area (Å²) in [5.74, 6) is 1.34. The minimum absolute atomic E-state index is 0.585. The van der Waals surface area contributed by atoms with E-state index in [0.29, 0.717) is 19.1 Å². The van der Waals surface area contributed by atoms with Gasteiger partial charge in [-0.3, -0.25) is 0 Å². The van der Waals surface area contributed by atoms with Crippen LogP contribution >= 0.6 is 0 Å². The number of hydrogen-bond donors (Lipinski definition) is 2. The molecule has 0 bridgehead atoms. The highest BCUT2D eigenvalue weighted by atomic mass is 16.5. The van der Waals surface area contributed by atoms with E-state index in [1.165, 1.54) is 0 Å². The number of rotatable bonds is 7. The molecule has 6 heteroatoms. The second kappa shape index (κ2) is 7.44. The fourth-order valence-electron chi connectivity index (χ4n) is 1.77. The number of benzene rings is 1. The Labute approximate surface area is 125 Å². The molecular weight excluding hydrogens is 266 g/mol. The fourth-order valence-corrected chi connectivity index (χ4v) is 1.77. The fraction of sp³-hybridized carbons (Fsp3) is 0.333. The third-order valence-electron chi connectivity index (χ3n) is 2.90. The van der Waals surface area contributed by atoms with E-state index in [0.717, 1.165) is 17.2 Å². The lowest BCUT2D eigenvalue weighted by atomic mass is 10.2. The second-order valence-corrected chi connectivity index (χ2v) is 4.75. The summed E-state index contributed by atoms with van der Waals surface area (Å²) in [4.78, 5) is 10.6. The van der Waals surface area contributed by atoms with Gasteiger partial charge in [-0.05, 0) is 30.3 Å². The summed E-state index contributed by atoms with van der Waals surface area (Å²) in [6.07, 6.45) is 1.72.